The van der Waals surface area contributed by atoms with Crippen molar-refractivity contribution in [1.82, 2.24) is 4.98 Å². The van der Waals surface area contributed by atoms with Crippen LogP contribution in [-0.2, 0) is 4.79 Å². The van der Waals surface area contributed by atoms with Crippen LogP contribution < -0.4 is 4.90 Å². The van der Waals surface area contributed by atoms with Crippen LogP contribution in [0.3, 0.4) is 0 Å². The Kier molecular flexibility index (Phi) is 3.87. The fraction of sp³-hybridized carbons (Fsp3) is 0.538. The number of piperidine rings is 1. The average Bonchev–Trinajstić information content (AvgIpc) is 2.37. The minimum absolute atomic E-state index is 0.0658. The van der Waals surface area contributed by atoms with Crippen LogP contribution in [0.25, 0.3) is 0 Å². The molecule has 0 bridgehead atoms. The lowest BCUT2D eigenvalue weighted by Crippen LogP contribution is -2.50. The molecule has 0 spiro atoms. The molecule has 108 valence electrons. The van der Waals surface area contributed by atoms with Gasteiger partial charge in [0.1, 0.15) is 6.04 Å². The summed E-state index contributed by atoms with van der Waals surface area (Å²) in [7, 11) is 0. The molecule has 20 heavy (non-hydrogen) atoms. The predicted molar refractivity (Wildman–Crippen MR) is 72.8 cm³/mol. The number of hydrogen-bond acceptors (Lipinski definition) is 5. The number of nitro groups is 1. The Morgan fingerprint density at radius 2 is 2.30 bits per heavy atom. The number of aliphatic carboxylic acids is 1. The van der Waals surface area contributed by atoms with Crippen molar-refractivity contribution < 1.29 is 14.8 Å². The van der Waals surface area contributed by atoms with Crippen molar-refractivity contribution in [2.24, 2.45) is 5.92 Å². The van der Waals surface area contributed by atoms with Crippen LogP contribution in [0.15, 0.2) is 12.3 Å². The molecule has 7 nitrogen and oxygen atoms in total. The van der Waals surface area contributed by atoms with Crippen LogP contribution in [0.2, 0.25) is 0 Å². The lowest BCUT2D eigenvalue weighted by Gasteiger charge is -2.37. The fourth-order valence-electron chi connectivity index (χ4n) is 2.70. The highest BCUT2D eigenvalue weighted by molar-refractivity contribution is 5.79. The van der Waals surface area contributed by atoms with Gasteiger partial charge in [-0.05, 0) is 31.2 Å². The third kappa shape index (κ3) is 2.56. The van der Waals surface area contributed by atoms with E-state index in [1.807, 2.05) is 6.92 Å². The maximum atomic E-state index is 11.5. The van der Waals surface area contributed by atoms with Crippen LogP contribution in [-0.4, -0.2) is 33.6 Å². The number of aryl methyl sites for hydroxylation is 1. The second-order valence-corrected chi connectivity index (χ2v) is 5.21. The van der Waals surface area contributed by atoms with Gasteiger partial charge in [-0.25, -0.2) is 9.78 Å². The molecule has 0 amide bonds. The average molecular weight is 279 g/mol. The van der Waals surface area contributed by atoms with Gasteiger partial charge in [-0.15, -0.1) is 0 Å². The SMILES string of the molecule is Cc1cnc(N2CCCC(C)C2C(=O)O)c([N+](=O)[O-])c1. The number of anilines is 1. The van der Waals surface area contributed by atoms with E-state index in [0.29, 0.717) is 12.1 Å². The third-order valence-electron chi connectivity index (χ3n) is 3.64. The molecule has 1 saturated heterocycles. The highest BCUT2D eigenvalue weighted by Gasteiger charge is 2.37. The summed E-state index contributed by atoms with van der Waals surface area (Å²) in [5, 5.41) is 20.6. The molecule has 1 fully saturated rings. The van der Waals surface area contributed by atoms with E-state index in [1.54, 1.807) is 11.8 Å². The van der Waals surface area contributed by atoms with Crippen LogP contribution in [0, 0.1) is 23.0 Å². The van der Waals surface area contributed by atoms with Gasteiger partial charge >= 0.3 is 11.7 Å². The van der Waals surface area contributed by atoms with Crippen LogP contribution in [0.5, 0.6) is 0 Å². The van der Waals surface area contributed by atoms with Crippen molar-refractivity contribution in [2.45, 2.75) is 32.7 Å². The van der Waals surface area contributed by atoms with Gasteiger partial charge in [-0.3, -0.25) is 10.1 Å². The number of carboxylic acids is 1. The van der Waals surface area contributed by atoms with Crippen LogP contribution in [0.1, 0.15) is 25.3 Å². The van der Waals surface area contributed by atoms with Crippen molar-refractivity contribution in [3.05, 3.63) is 27.9 Å². The smallest absolute Gasteiger partial charge is 0.326 e. The van der Waals surface area contributed by atoms with Gasteiger partial charge in [0, 0.05) is 18.8 Å². The molecule has 0 aliphatic carbocycles. The van der Waals surface area contributed by atoms with Crippen LogP contribution in [0.4, 0.5) is 11.5 Å². The molecule has 0 saturated carbocycles. The first-order valence-electron chi connectivity index (χ1n) is 6.52. The Labute approximate surface area is 116 Å². The summed E-state index contributed by atoms with van der Waals surface area (Å²) >= 11 is 0. The molecule has 1 aromatic rings. The number of aromatic nitrogens is 1. The van der Waals surface area contributed by atoms with Gasteiger partial charge in [0.25, 0.3) is 0 Å². The molecule has 0 aromatic carbocycles. The Balaban J connectivity index is 2.48. The number of nitrogens with zero attached hydrogens (tertiary/aromatic N) is 3. The molecule has 1 aliphatic rings. The molecule has 2 unspecified atom stereocenters. The summed E-state index contributed by atoms with van der Waals surface area (Å²) in [6, 6.07) is 0.665. The van der Waals surface area contributed by atoms with E-state index in [9.17, 15) is 20.0 Å². The predicted octanol–water partition coefficient (Wildman–Crippen LogP) is 1.99. The zero-order valence-corrected chi connectivity index (χ0v) is 11.4. The molecule has 2 rings (SSSR count). The fourth-order valence-corrected chi connectivity index (χ4v) is 2.70. The van der Waals surface area contributed by atoms with Gasteiger partial charge in [0.2, 0.25) is 5.82 Å². The summed E-state index contributed by atoms with van der Waals surface area (Å²) < 4.78 is 0. The summed E-state index contributed by atoms with van der Waals surface area (Å²) in [5.41, 5.74) is 0.544. The number of pyridine rings is 1. The topological polar surface area (TPSA) is 96.6 Å². The zero-order valence-electron chi connectivity index (χ0n) is 11.4. The highest BCUT2D eigenvalue weighted by atomic mass is 16.6. The molecule has 7 heteroatoms. The van der Waals surface area contributed by atoms with Crippen molar-refractivity contribution in [1.29, 1.82) is 0 Å². The second-order valence-electron chi connectivity index (χ2n) is 5.21. The van der Waals surface area contributed by atoms with Gasteiger partial charge in [-0.1, -0.05) is 6.92 Å². The minimum atomic E-state index is -0.964. The van der Waals surface area contributed by atoms with Gasteiger partial charge in [0.15, 0.2) is 0 Å². The first-order valence-corrected chi connectivity index (χ1v) is 6.52. The molecular formula is C13H17N3O4. The monoisotopic (exact) mass is 279 g/mol. The van der Waals surface area contributed by atoms with Gasteiger partial charge in [-0.2, -0.15) is 0 Å². The maximum absolute atomic E-state index is 11.5. The van der Waals surface area contributed by atoms with Crippen molar-refractivity contribution in [2.75, 3.05) is 11.4 Å². The highest BCUT2D eigenvalue weighted by Crippen LogP contribution is 2.33. The van der Waals surface area contributed by atoms with E-state index in [1.165, 1.54) is 12.3 Å². The quantitative estimate of drug-likeness (QED) is 0.671. The standard InChI is InChI=1S/C13H17N3O4/c1-8-6-10(16(19)20)12(14-7-8)15-5-3-4-9(2)11(15)13(17)18/h6-7,9,11H,3-5H2,1-2H3,(H,17,18). The Morgan fingerprint density at radius 3 is 2.90 bits per heavy atom. The Hall–Kier alpha value is -2.18. The third-order valence-corrected chi connectivity index (χ3v) is 3.64. The number of rotatable bonds is 3. The summed E-state index contributed by atoms with van der Waals surface area (Å²) in [6.45, 7) is 4.04. The molecule has 1 N–H and O–H groups in total. The molecule has 2 heterocycles. The number of carboxylic acid groups (broad SMARTS) is 1. The first-order chi connectivity index (χ1) is 9.41. The number of carbonyl (C=O) groups is 1. The molecular weight excluding hydrogens is 262 g/mol. The zero-order chi connectivity index (χ0) is 14.9. The van der Waals surface area contributed by atoms with Gasteiger partial charge < -0.3 is 10.0 Å². The van der Waals surface area contributed by atoms with Crippen molar-refractivity contribution in [3.63, 3.8) is 0 Å². The van der Waals surface area contributed by atoms with E-state index in [0.717, 1.165) is 12.8 Å². The molecule has 1 aliphatic heterocycles. The summed E-state index contributed by atoms with van der Waals surface area (Å²) in [4.78, 5) is 27.8. The summed E-state index contributed by atoms with van der Waals surface area (Å²) in [5.74, 6) is -0.877. The minimum Gasteiger partial charge on any atom is -0.480 e. The van der Waals surface area contributed by atoms with E-state index in [4.69, 9.17) is 0 Å². The van der Waals surface area contributed by atoms with Crippen LogP contribution >= 0.6 is 0 Å². The largest absolute Gasteiger partial charge is 0.480 e. The van der Waals surface area contributed by atoms with Gasteiger partial charge in [0.05, 0.1) is 4.92 Å². The molecule has 0 radical (unpaired) electrons. The second kappa shape index (κ2) is 5.44. The summed E-state index contributed by atoms with van der Waals surface area (Å²) in [6.07, 6.45) is 3.13. The first kappa shape index (κ1) is 14.2. The van der Waals surface area contributed by atoms with Crippen molar-refractivity contribution in [3.8, 4) is 0 Å². The Bertz CT molecular complexity index is 546. The van der Waals surface area contributed by atoms with Crippen molar-refractivity contribution >= 4 is 17.5 Å². The molecule has 2 atom stereocenters. The normalized spacial score (nSPS) is 22.6. The van der Waals surface area contributed by atoms with E-state index in [-0.39, 0.29) is 17.4 Å². The van der Waals surface area contributed by atoms with E-state index >= 15 is 0 Å². The van der Waals surface area contributed by atoms with E-state index < -0.39 is 16.9 Å². The lowest BCUT2D eigenvalue weighted by molar-refractivity contribution is -0.384. The number of hydrogen-bond donors (Lipinski definition) is 1. The molecule has 1 aromatic heterocycles. The van der Waals surface area contributed by atoms with E-state index in [2.05, 4.69) is 4.98 Å². The maximum Gasteiger partial charge on any atom is 0.326 e. The Morgan fingerprint density at radius 1 is 1.60 bits per heavy atom. The lowest BCUT2D eigenvalue weighted by atomic mass is 9.90.